The van der Waals surface area contributed by atoms with Crippen LogP contribution in [0.1, 0.15) is 26.2 Å². The zero-order valence-electron chi connectivity index (χ0n) is 9.03. The van der Waals surface area contributed by atoms with Crippen LogP contribution in [0.4, 0.5) is 0 Å². The SMILES string of the molecule is CCC1CCN(C=CC(=O)OC)CC1. The first-order valence-corrected chi connectivity index (χ1v) is 5.26. The minimum absolute atomic E-state index is 0.275. The Balaban J connectivity index is 2.28. The molecule has 0 saturated carbocycles. The van der Waals surface area contributed by atoms with Crippen molar-refractivity contribution in [2.75, 3.05) is 20.2 Å². The maximum Gasteiger partial charge on any atom is 0.331 e. The van der Waals surface area contributed by atoms with E-state index in [2.05, 4.69) is 16.6 Å². The summed E-state index contributed by atoms with van der Waals surface area (Å²) in [6.45, 7) is 4.36. The van der Waals surface area contributed by atoms with Crippen LogP contribution in [-0.2, 0) is 9.53 Å². The average molecular weight is 197 g/mol. The Kier molecular flexibility index (Phi) is 4.50. The van der Waals surface area contributed by atoms with Crippen LogP contribution in [0.25, 0.3) is 0 Å². The first-order chi connectivity index (χ1) is 6.76. The second-order valence-corrected chi connectivity index (χ2v) is 3.73. The van der Waals surface area contributed by atoms with E-state index in [9.17, 15) is 4.79 Å². The molecular weight excluding hydrogens is 178 g/mol. The van der Waals surface area contributed by atoms with Gasteiger partial charge in [-0.25, -0.2) is 4.79 Å². The van der Waals surface area contributed by atoms with Gasteiger partial charge in [-0.1, -0.05) is 13.3 Å². The quantitative estimate of drug-likeness (QED) is 0.510. The highest BCUT2D eigenvalue weighted by Gasteiger charge is 2.14. The lowest BCUT2D eigenvalue weighted by molar-refractivity contribution is -0.134. The molecule has 0 bridgehead atoms. The monoisotopic (exact) mass is 197 g/mol. The van der Waals surface area contributed by atoms with Crippen molar-refractivity contribution in [3.63, 3.8) is 0 Å². The molecule has 0 N–H and O–H groups in total. The molecule has 0 aromatic carbocycles. The Morgan fingerprint density at radius 1 is 1.50 bits per heavy atom. The second-order valence-electron chi connectivity index (χ2n) is 3.73. The van der Waals surface area contributed by atoms with Crippen molar-refractivity contribution in [3.05, 3.63) is 12.3 Å². The molecule has 14 heavy (non-hydrogen) atoms. The van der Waals surface area contributed by atoms with Gasteiger partial charge in [0.05, 0.1) is 7.11 Å². The molecule has 0 aromatic rings. The van der Waals surface area contributed by atoms with Crippen LogP contribution in [0.3, 0.4) is 0 Å². The van der Waals surface area contributed by atoms with Crippen LogP contribution in [-0.4, -0.2) is 31.1 Å². The number of nitrogens with zero attached hydrogens (tertiary/aromatic N) is 1. The van der Waals surface area contributed by atoms with Gasteiger partial charge in [-0.05, 0) is 18.8 Å². The molecule has 3 nitrogen and oxygen atoms in total. The van der Waals surface area contributed by atoms with E-state index in [1.807, 2.05) is 6.20 Å². The fraction of sp³-hybridized carbons (Fsp3) is 0.727. The number of carbonyl (C=O) groups excluding carboxylic acids is 1. The number of rotatable bonds is 3. The molecule has 0 radical (unpaired) electrons. The van der Waals surface area contributed by atoms with Gasteiger partial charge in [0.25, 0.3) is 0 Å². The summed E-state index contributed by atoms with van der Waals surface area (Å²) < 4.78 is 4.53. The third-order valence-corrected chi connectivity index (χ3v) is 2.85. The number of methoxy groups -OCH3 is 1. The zero-order valence-corrected chi connectivity index (χ0v) is 9.03. The van der Waals surface area contributed by atoms with Gasteiger partial charge in [-0.15, -0.1) is 0 Å². The Bertz CT molecular complexity index is 205. The summed E-state index contributed by atoms with van der Waals surface area (Å²) >= 11 is 0. The molecule has 1 aliphatic heterocycles. The number of hydrogen-bond acceptors (Lipinski definition) is 3. The number of carbonyl (C=O) groups is 1. The minimum Gasteiger partial charge on any atom is -0.466 e. The van der Waals surface area contributed by atoms with Crippen molar-refractivity contribution in [3.8, 4) is 0 Å². The lowest BCUT2D eigenvalue weighted by Gasteiger charge is -2.30. The number of esters is 1. The molecule has 0 spiro atoms. The van der Waals surface area contributed by atoms with Crippen LogP contribution in [0, 0.1) is 5.92 Å². The molecule has 0 aromatic heterocycles. The Labute approximate surface area is 85.7 Å². The highest BCUT2D eigenvalue weighted by molar-refractivity contribution is 5.81. The van der Waals surface area contributed by atoms with Crippen molar-refractivity contribution >= 4 is 5.97 Å². The molecule has 0 unspecified atom stereocenters. The van der Waals surface area contributed by atoms with Gasteiger partial charge in [-0.2, -0.15) is 0 Å². The van der Waals surface area contributed by atoms with E-state index >= 15 is 0 Å². The number of hydrogen-bond donors (Lipinski definition) is 0. The van der Waals surface area contributed by atoms with Crippen molar-refractivity contribution in [2.45, 2.75) is 26.2 Å². The predicted octanol–water partition coefficient (Wildman–Crippen LogP) is 1.80. The highest BCUT2D eigenvalue weighted by Crippen LogP contribution is 2.19. The summed E-state index contributed by atoms with van der Waals surface area (Å²) in [5.74, 6) is 0.598. The fourth-order valence-corrected chi connectivity index (χ4v) is 1.74. The third kappa shape index (κ3) is 3.40. The number of ether oxygens (including phenoxy) is 1. The van der Waals surface area contributed by atoms with Crippen LogP contribution in [0.15, 0.2) is 12.3 Å². The normalized spacial score (nSPS) is 18.9. The van der Waals surface area contributed by atoms with Crippen molar-refractivity contribution in [1.82, 2.24) is 4.90 Å². The maximum absolute atomic E-state index is 10.8. The van der Waals surface area contributed by atoms with E-state index in [-0.39, 0.29) is 5.97 Å². The van der Waals surface area contributed by atoms with Gasteiger partial charge in [0.15, 0.2) is 0 Å². The lowest BCUT2D eigenvalue weighted by Crippen LogP contribution is -2.29. The zero-order chi connectivity index (χ0) is 10.4. The standard InChI is InChI=1S/C11H19NO2/c1-3-10-4-7-12(8-5-10)9-6-11(13)14-2/h6,9-10H,3-5,7-8H2,1-2H3. The van der Waals surface area contributed by atoms with Crippen molar-refractivity contribution in [1.29, 1.82) is 0 Å². The van der Waals surface area contributed by atoms with E-state index in [4.69, 9.17) is 0 Å². The molecule has 1 rings (SSSR count). The second kappa shape index (κ2) is 5.68. The molecule has 3 heteroatoms. The first kappa shape index (κ1) is 11.1. The van der Waals surface area contributed by atoms with Gasteiger partial charge in [0.2, 0.25) is 0 Å². The summed E-state index contributed by atoms with van der Waals surface area (Å²) in [5.41, 5.74) is 0. The summed E-state index contributed by atoms with van der Waals surface area (Å²) in [6.07, 6.45) is 7.09. The lowest BCUT2D eigenvalue weighted by atomic mass is 9.95. The van der Waals surface area contributed by atoms with Gasteiger partial charge in [0, 0.05) is 25.4 Å². The van der Waals surface area contributed by atoms with E-state index < -0.39 is 0 Å². The number of likely N-dealkylation sites (tertiary alicyclic amines) is 1. The highest BCUT2D eigenvalue weighted by atomic mass is 16.5. The summed E-state index contributed by atoms with van der Waals surface area (Å²) in [4.78, 5) is 13.0. The van der Waals surface area contributed by atoms with Gasteiger partial charge in [-0.3, -0.25) is 0 Å². The Morgan fingerprint density at radius 2 is 2.14 bits per heavy atom. The van der Waals surface area contributed by atoms with Gasteiger partial charge >= 0.3 is 5.97 Å². The minimum atomic E-state index is -0.275. The van der Waals surface area contributed by atoms with Crippen molar-refractivity contribution in [2.24, 2.45) is 5.92 Å². The fourth-order valence-electron chi connectivity index (χ4n) is 1.74. The molecule has 0 aliphatic carbocycles. The summed E-state index contributed by atoms with van der Waals surface area (Å²) in [5, 5.41) is 0. The molecule has 0 atom stereocenters. The van der Waals surface area contributed by atoms with E-state index in [0.29, 0.717) is 0 Å². The predicted molar refractivity (Wildman–Crippen MR) is 55.7 cm³/mol. The van der Waals surface area contributed by atoms with Gasteiger partial charge < -0.3 is 9.64 Å². The topological polar surface area (TPSA) is 29.5 Å². The van der Waals surface area contributed by atoms with Gasteiger partial charge in [0.1, 0.15) is 0 Å². The summed E-state index contributed by atoms with van der Waals surface area (Å²) in [6, 6.07) is 0. The van der Waals surface area contributed by atoms with E-state index in [0.717, 1.165) is 19.0 Å². The van der Waals surface area contributed by atoms with E-state index in [1.54, 1.807) is 0 Å². The Morgan fingerprint density at radius 3 is 2.64 bits per heavy atom. The molecule has 1 heterocycles. The molecule has 0 amide bonds. The molecule has 1 aliphatic rings. The largest absolute Gasteiger partial charge is 0.466 e. The smallest absolute Gasteiger partial charge is 0.331 e. The van der Waals surface area contributed by atoms with Crippen LogP contribution >= 0.6 is 0 Å². The molecule has 1 saturated heterocycles. The van der Waals surface area contributed by atoms with Crippen LogP contribution in [0.5, 0.6) is 0 Å². The van der Waals surface area contributed by atoms with E-state index in [1.165, 1.54) is 32.4 Å². The van der Waals surface area contributed by atoms with Crippen LogP contribution < -0.4 is 0 Å². The third-order valence-electron chi connectivity index (χ3n) is 2.85. The Hall–Kier alpha value is -0.990. The molecular formula is C11H19NO2. The average Bonchev–Trinajstić information content (AvgIpc) is 2.26. The van der Waals surface area contributed by atoms with Crippen LogP contribution in [0.2, 0.25) is 0 Å². The summed E-state index contributed by atoms with van der Waals surface area (Å²) in [7, 11) is 1.40. The first-order valence-electron chi connectivity index (χ1n) is 5.26. The van der Waals surface area contributed by atoms with Crippen molar-refractivity contribution < 1.29 is 9.53 Å². The molecule has 80 valence electrons. The molecule has 1 fully saturated rings. The number of piperidine rings is 1. The maximum atomic E-state index is 10.8.